The van der Waals surface area contributed by atoms with Gasteiger partial charge in [0.25, 0.3) is 0 Å². The van der Waals surface area contributed by atoms with Crippen LogP contribution < -0.4 is 0 Å². The molecule has 1 saturated carbocycles. The van der Waals surface area contributed by atoms with Crippen molar-refractivity contribution >= 4 is 34.3 Å². The van der Waals surface area contributed by atoms with E-state index in [9.17, 15) is 9.59 Å². The number of carbonyl (C=O) groups is 2. The van der Waals surface area contributed by atoms with Crippen molar-refractivity contribution < 1.29 is 14.3 Å². The number of nitrogens with zero attached hydrogens (tertiary/aromatic N) is 1. The summed E-state index contributed by atoms with van der Waals surface area (Å²) in [6.45, 7) is 3.98. The number of hydrogen-bond donors (Lipinski definition) is 1. The number of esters is 1. The Balaban J connectivity index is 2.16. The second-order valence-corrected chi connectivity index (χ2v) is 7.46. The zero-order chi connectivity index (χ0) is 16.3. The molecule has 1 aromatic rings. The van der Waals surface area contributed by atoms with Crippen LogP contribution in [-0.4, -0.2) is 28.8 Å². The van der Waals surface area contributed by atoms with Crippen molar-refractivity contribution in [2.24, 2.45) is 17.8 Å². The maximum absolute atomic E-state index is 13.0. The van der Waals surface area contributed by atoms with Gasteiger partial charge in [-0.15, -0.1) is 0 Å². The van der Waals surface area contributed by atoms with Gasteiger partial charge in [0.15, 0.2) is 0 Å². The molecule has 1 aliphatic carbocycles. The molecule has 1 aromatic heterocycles. The van der Waals surface area contributed by atoms with Gasteiger partial charge in [0, 0.05) is 17.8 Å². The Morgan fingerprint density at radius 1 is 1.45 bits per heavy atom. The molecule has 1 heterocycles. The molecule has 1 fully saturated rings. The van der Waals surface area contributed by atoms with Gasteiger partial charge in [0.1, 0.15) is 11.6 Å². The molecule has 1 N–H and O–H groups in total. The van der Waals surface area contributed by atoms with Gasteiger partial charge in [0.2, 0.25) is 0 Å². The third kappa shape index (κ3) is 3.88. The average molecular weight is 418 g/mol. The molecule has 0 spiro atoms. The third-order valence-corrected chi connectivity index (χ3v) is 5.13. The summed E-state index contributed by atoms with van der Waals surface area (Å²) in [5.41, 5.74) is 0. The molecule has 0 amide bonds. The Morgan fingerprint density at radius 2 is 2.18 bits per heavy atom. The highest BCUT2D eigenvalue weighted by molar-refractivity contribution is 14.1. The predicted molar refractivity (Wildman–Crippen MR) is 91.4 cm³/mol. The molecule has 0 saturated heterocycles. The molecule has 122 valence electrons. The van der Waals surface area contributed by atoms with Crippen LogP contribution in [0.4, 0.5) is 0 Å². The summed E-state index contributed by atoms with van der Waals surface area (Å²) in [6, 6.07) is 0. The highest BCUT2D eigenvalue weighted by Gasteiger charge is 2.40. The van der Waals surface area contributed by atoms with Crippen LogP contribution in [0.2, 0.25) is 0 Å². The Labute approximate surface area is 144 Å². The second-order valence-electron chi connectivity index (χ2n) is 6.29. The minimum atomic E-state index is -0.311. The number of carbonyl (C=O) groups excluding carboxylic acids is 2. The SMILES string of the molecule is COC(=O)C[C@H](C(=O)C1CCC[C@H]1c1ncc(I)[nH]1)C(C)C. The van der Waals surface area contributed by atoms with Gasteiger partial charge >= 0.3 is 5.97 Å². The Bertz CT molecular complexity index is 541. The molecule has 0 aliphatic heterocycles. The maximum Gasteiger partial charge on any atom is 0.306 e. The number of nitrogens with one attached hydrogen (secondary N) is 1. The maximum atomic E-state index is 13.0. The lowest BCUT2D eigenvalue weighted by Crippen LogP contribution is -2.31. The molecule has 1 aliphatic rings. The van der Waals surface area contributed by atoms with Gasteiger partial charge in [-0.1, -0.05) is 20.3 Å². The minimum absolute atomic E-state index is 0.0426. The summed E-state index contributed by atoms with van der Waals surface area (Å²) in [7, 11) is 1.37. The number of methoxy groups -OCH3 is 1. The van der Waals surface area contributed by atoms with Crippen molar-refractivity contribution in [3.05, 3.63) is 15.7 Å². The summed E-state index contributed by atoms with van der Waals surface area (Å²) in [5, 5.41) is 0. The van der Waals surface area contributed by atoms with Crippen molar-refractivity contribution in [2.75, 3.05) is 7.11 Å². The second kappa shape index (κ2) is 7.57. The van der Waals surface area contributed by atoms with Crippen LogP contribution in [0.1, 0.15) is 51.3 Å². The Hall–Kier alpha value is -0.920. The standard InChI is InChI=1S/C16H23IN2O3/c1-9(2)12(7-14(20)22-3)15(21)10-5-4-6-11(10)16-18-8-13(17)19-16/h8-12H,4-7H2,1-3H3,(H,18,19)/t10?,11-,12+/m1/s1. The largest absolute Gasteiger partial charge is 0.469 e. The van der Waals surface area contributed by atoms with Crippen molar-refractivity contribution in [1.82, 2.24) is 9.97 Å². The summed E-state index contributed by atoms with van der Waals surface area (Å²) < 4.78 is 5.73. The van der Waals surface area contributed by atoms with Crippen molar-refractivity contribution in [3.8, 4) is 0 Å². The summed E-state index contributed by atoms with van der Waals surface area (Å²) in [5.74, 6) is 0.745. The van der Waals surface area contributed by atoms with Gasteiger partial charge in [0.05, 0.1) is 23.4 Å². The van der Waals surface area contributed by atoms with E-state index in [4.69, 9.17) is 4.74 Å². The molecule has 2 rings (SSSR count). The highest BCUT2D eigenvalue weighted by Crippen LogP contribution is 2.41. The van der Waals surface area contributed by atoms with Crippen molar-refractivity contribution in [3.63, 3.8) is 0 Å². The van der Waals surface area contributed by atoms with Crippen molar-refractivity contribution in [2.45, 2.75) is 45.4 Å². The number of ether oxygens (including phenoxy) is 1. The van der Waals surface area contributed by atoms with E-state index in [2.05, 4.69) is 32.6 Å². The van der Waals surface area contributed by atoms with E-state index in [0.717, 1.165) is 28.8 Å². The normalized spacial score (nSPS) is 22.8. The number of rotatable bonds is 6. The van der Waals surface area contributed by atoms with Gasteiger partial charge in [-0.05, 0) is 41.4 Å². The molecule has 0 bridgehead atoms. The molecule has 1 unspecified atom stereocenters. The predicted octanol–water partition coefficient (Wildman–Crippen LogP) is 3.30. The first-order valence-electron chi connectivity index (χ1n) is 7.75. The highest BCUT2D eigenvalue weighted by atomic mass is 127. The van der Waals surface area contributed by atoms with E-state index >= 15 is 0 Å². The number of H-pyrrole nitrogens is 1. The van der Waals surface area contributed by atoms with Crippen molar-refractivity contribution in [1.29, 1.82) is 0 Å². The fraction of sp³-hybridized carbons (Fsp3) is 0.688. The van der Waals surface area contributed by atoms with E-state index in [1.807, 2.05) is 13.8 Å². The van der Waals surface area contributed by atoms with Crippen LogP contribution >= 0.6 is 22.6 Å². The third-order valence-electron chi connectivity index (χ3n) is 4.58. The van der Waals surface area contributed by atoms with E-state index in [1.54, 1.807) is 6.20 Å². The Morgan fingerprint density at radius 3 is 2.73 bits per heavy atom. The van der Waals surface area contributed by atoms with Crippen LogP contribution in [0.25, 0.3) is 0 Å². The van der Waals surface area contributed by atoms with E-state index in [-0.39, 0.29) is 41.8 Å². The fourth-order valence-corrected chi connectivity index (χ4v) is 3.75. The monoisotopic (exact) mass is 418 g/mol. The molecule has 22 heavy (non-hydrogen) atoms. The average Bonchev–Trinajstić information content (AvgIpc) is 3.11. The number of aromatic nitrogens is 2. The van der Waals surface area contributed by atoms with Gasteiger partial charge in [-0.3, -0.25) is 9.59 Å². The van der Waals surface area contributed by atoms with E-state index in [0.29, 0.717) is 0 Å². The van der Waals surface area contributed by atoms with Gasteiger partial charge < -0.3 is 9.72 Å². The van der Waals surface area contributed by atoms with E-state index < -0.39 is 0 Å². The molecular weight excluding hydrogens is 395 g/mol. The fourth-order valence-electron chi connectivity index (χ4n) is 3.33. The lowest BCUT2D eigenvalue weighted by Gasteiger charge is -2.25. The smallest absolute Gasteiger partial charge is 0.306 e. The first kappa shape index (κ1) is 17.4. The number of hydrogen-bond acceptors (Lipinski definition) is 4. The quantitative estimate of drug-likeness (QED) is 0.569. The van der Waals surface area contributed by atoms with E-state index in [1.165, 1.54) is 7.11 Å². The van der Waals surface area contributed by atoms with Crippen LogP contribution in [0, 0.1) is 21.5 Å². The number of aromatic amines is 1. The van der Waals surface area contributed by atoms with Crippen LogP contribution in [0.5, 0.6) is 0 Å². The lowest BCUT2D eigenvalue weighted by atomic mass is 9.78. The summed E-state index contributed by atoms with van der Waals surface area (Å²) in [4.78, 5) is 32.2. The zero-order valence-corrected chi connectivity index (χ0v) is 15.4. The number of Topliss-reactive ketones (excluding diaryl/α,β-unsaturated/α-hetero) is 1. The molecule has 5 nitrogen and oxygen atoms in total. The number of imidazole rings is 1. The van der Waals surface area contributed by atoms with Crippen LogP contribution in [0.15, 0.2) is 6.20 Å². The molecule has 3 atom stereocenters. The zero-order valence-electron chi connectivity index (χ0n) is 13.3. The summed E-state index contributed by atoms with van der Waals surface area (Å²) in [6.07, 6.45) is 4.85. The molecule has 0 radical (unpaired) electrons. The van der Waals surface area contributed by atoms with Gasteiger partial charge in [-0.25, -0.2) is 4.98 Å². The molecular formula is C16H23IN2O3. The first-order valence-corrected chi connectivity index (χ1v) is 8.82. The molecule has 6 heteroatoms. The van der Waals surface area contributed by atoms with Gasteiger partial charge in [-0.2, -0.15) is 0 Å². The summed E-state index contributed by atoms with van der Waals surface area (Å²) >= 11 is 2.19. The number of ketones is 1. The van der Waals surface area contributed by atoms with Crippen LogP contribution in [0.3, 0.4) is 0 Å². The Kier molecular flexibility index (Phi) is 6.00. The minimum Gasteiger partial charge on any atom is -0.469 e. The molecule has 0 aromatic carbocycles. The lowest BCUT2D eigenvalue weighted by molar-refractivity contribution is -0.145. The topological polar surface area (TPSA) is 72.1 Å². The first-order chi connectivity index (χ1) is 10.4. The van der Waals surface area contributed by atoms with Crippen LogP contribution in [-0.2, 0) is 14.3 Å². The number of halogens is 1.